The van der Waals surface area contributed by atoms with E-state index in [-0.39, 0.29) is 0 Å². The fraction of sp³-hybridized carbons (Fsp3) is 0.533. The van der Waals surface area contributed by atoms with Gasteiger partial charge in [-0.3, -0.25) is 4.90 Å². The van der Waals surface area contributed by atoms with Crippen molar-refractivity contribution in [3.8, 4) is 6.07 Å². The standard InChI is InChI=1S/C15H21N3/c1-13-4-5-15(12-14(13)2)18-10-8-17(9-11-18)7-3-6-16/h4-5,12H,3,7-11H2,1-2H3. The smallest absolute Gasteiger partial charge is 0.0635 e. The molecule has 3 nitrogen and oxygen atoms in total. The molecule has 0 aromatic heterocycles. The summed E-state index contributed by atoms with van der Waals surface area (Å²) in [5.74, 6) is 0. The SMILES string of the molecule is Cc1ccc(N2CCN(CCC#N)CC2)cc1C. The summed E-state index contributed by atoms with van der Waals surface area (Å²) in [6.07, 6.45) is 0.642. The lowest BCUT2D eigenvalue weighted by Gasteiger charge is -2.36. The Hall–Kier alpha value is -1.53. The van der Waals surface area contributed by atoms with Crippen LogP contribution < -0.4 is 4.90 Å². The molecule has 1 heterocycles. The molecule has 1 aliphatic rings. The summed E-state index contributed by atoms with van der Waals surface area (Å²) >= 11 is 0. The van der Waals surface area contributed by atoms with Gasteiger partial charge in [-0.25, -0.2) is 0 Å². The molecule has 0 spiro atoms. The number of benzene rings is 1. The first kappa shape index (κ1) is 12.9. The molecule has 0 unspecified atom stereocenters. The van der Waals surface area contributed by atoms with Crippen molar-refractivity contribution in [1.29, 1.82) is 5.26 Å². The van der Waals surface area contributed by atoms with Gasteiger partial charge in [0.25, 0.3) is 0 Å². The molecule has 1 fully saturated rings. The van der Waals surface area contributed by atoms with Gasteiger partial charge in [0.15, 0.2) is 0 Å². The minimum atomic E-state index is 0.642. The van der Waals surface area contributed by atoms with Crippen molar-refractivity contribution in [2.45, 2.75) is 20.3 Å². The molecule has 0 N–H and O–H groups in total. The average Bonchev–Trinajstić information content (AvgIpc) is 2.40. The number of hydrogen-bond donors (Lipinski definition) is 0. The number of rotatable bonds is 3. The Balaban J connectivity index is 1.93. The van der Waals surface area contributed by atoms with E-state index in [4.69, 9.17) is 5.26 Å². The summed E-state index contributed by atoms with van der Waals surface area (Å²) in [5.41, 5.74) is 4.05. The number of nitrogens with zero attached hydrogens (tertiary/aromatic N) is 3. The third-order valence-corrected chi connectivity index (χ3v) is 3.77. The van der Waals surface area contributed by atoms with Crippen molar-refractivity contribution in [2.75, 3.05) is 37.6 Å². The molecule has 1 aromatic carbocycles. The van der Waals surface area contributed by atoms with Crippen LogP contribution >= 0.6 is 0 Å². The van der Waals surface area contributed by atoms with Gasteiger partial charge in [0.2, 0.25) is 0 Å². The zero-order valence-corrected chi connectivity index (χ0v) is 11.3. The maximum Gasteiger partial charge on any atom is 0.0635 e. The first-order valence-corrected chi connectivity index (χ1v) is 6.62. The van der Waals surface area contributed by atoms with Gasteiger partial charge in [-0.15, -0.1) is 0 Å². The van der Waals surface area contributed by atoms with Crippen molar-refractivity contribution >= 4 is 5.69 Å². The molecule has 0 amide bonds. The summed E-state index contributed by atoms with van der Waals surface area (Å²) in [5, 5.41) is 8.60. The molecule has 18 heavy (non-hydrogen) atoms. The second kappa shape index (κ2) is 5.88. The number of hydrogen-bond acceptors (Lipinski definition) is 3. The lowest BCUT2D eigenvalue weighted by Crippen LogP contribution is -2.46. The normalized spacial score (nSPS) is 16.6. The van der Waals surface area contributed by atoms with Crippen LogP contribution in [0.4, 0.5) is 5.69 Å². The largest absolute Gasteiger partial charge is 0.369 e. The van der Waals surface area contributed by atoms with E-state index in [1.165, 1.54) is 16.8 Å². The first-order chi connectivity index (χ1) is 8.70. The predicted octanol–water partition coefficient (Wildman–Crippen LogP) is 2.34. The van der Waals surface area contributed by atoms with Crippen LogP contribution in [0.15, 0.2) is 18.2 Å². The topological polar surface area (TPSA) is 30.3 Å². The van der Waals surface area contributed by atoms with Crippen LogP contribution in [0.25, 0.3) is 0 Å². The van der Waals surface area contributed by atoms with Gasteiger partial charge in [-0.05, 0) is 37.1 Å². The fourth-order valence-electron chi connectivity index (χ4n) is 2.36. The summed E-state index contributed by atoms with van der Waals surface area (Å²) in [4.78, 5) is 4.82. The van der Waals surface area contributed by atoms with Crippen LogP contribution in [0, 0.1) is 25.2 Å². The summed E-state index contributed by atoms with van der Waals surface area (Å²) in [7, 11) is 0. The predicted molar refractivity (Wildman–Crippen MR) is 74.8 cm³/mol. The van der Waals surface area contributed by atoms with Gasteiger partial charge in [-0.2, -0.15) is 5.26 Å². The summed E-state index contributed by atoms with van der Waals surface area (Å²) < 4.78 is 0. The molecule has 96 valence electrons. The Bertz CT molecular complexity index is 440. The van der Waals surface area contributed by atoms with Gasteiger partial charge >= 0.3 is 0 Å². The Morgan fingerprint density at radius 1 is 1.11 bits per heavy atom. The molecule has 0 atom stereocenters. The van der Waals surface area contributed by atoms with E-state index in [1.807, 2.05) is 0 Å². The van der Waals surface area contributed by atoms with Crippen molar-refractivity contribution in [1.82, 2.24) is 4.90 Å². The zero-order valence-electron chi connectivity index (χ0n) is 11.3. The van der Waals surface area contributed by atoms with Crippen molar-refractivity contribution in [2.24, 2.45) is 0 Å². The minimum Gasteiger partial charge on any atom is -0.369 e. The van der Waals surface area contributed by atoms with E-state index in [2.05, 4.69) is 47.9 Å². The lowest BCUT2D eigenvalue weighted by atomic mass is 10.1. The molecular weight excluding hydrogens is 222 g/mol. The number of nitriles is 1. The van der Waals surface area contributed by atoms with Gasteiger partial charge in [0, 0.05) is 44.8 Å². The van der Waals surface area contributed by atoms with Crippen molar-refractivity contribution in [3.63, 3.8) is 0 Å². The average molecular weight is 243 g/mol. The fourth-order valence-corrected chi connectivity index (χ4v) is 2.36. The van der Waals surface area contributed by atoms with E-state index >= 15 is 0 Å². The number of aryl methyl sites for hydroxylation is 2. The molecule has 0 bridgehead atoms. The Morgan fingerprint density at radius 3 is 2.44 bits per heavy atom. The zero-order chi connectivity index (χ0) is 13.0. The third-order valence-electron chi connectivity index (χ3n) is 3.77. The Kier molecular flexibility index (Phi) is 4.22. The van der Waals surface area contributed by atoms with Crippen molar-refractivity contribution < 1.29 is 0 Å². The van der Waals surface area contributed by atoms with Crippen LogP contribution in [-0.2, 0) is 0 Å². The van der Waals surface area contributed by atoms with Gasteiger partial charge in [0.1, 0.15) is 0 Å². The third kappa shape index (κ3) is 3.02. The van der Waals surface area contributed by atoms with E-state index < -0.39 is 0 Å². The van der Waals surface area contributed by atoms with Crippen LogP contribution in [0.1, 0.15) is 17.5 Å². The van der Waals surface area contributed by atoms with Crippen LogP contribution in [0.5, 0.6) is 0 Å². The maximum atomic E-state index is 8.60. The maximum absolute atomic E-state index is 8.60. The van der Waals surface area contributed by atoms with E-state index in [0.29, 0.717) is 6.42 Å². The highest BCUT2D eigenvalue weighted by Crippen LogP contribution is 2.20. The Labute approximate surface area is 110 Å². The number of anilines is 1. The highest BCUT2D eigenvalue weighted by molar-refractivity contribution is 5.51. The molecule has 1 saturated heterocycles. The quantitative estimate of drug-likeness (QED) is 0.816. The van der Waals surface area contributed by atoms with Crippen LogP contribution in [0.2, 0.25) is 0 Å². The molecule has 1 aromatic rings. The minimum absolute atomic E-state index is 0.642. The highest BCUT2D eigenvalue weighted by Gasteiger charge is 2.16. The second-order valence-electron chi connectivity index (χ2n) is 5.01. The summed E-state index contributed by atoms with van der Waals surface area (Å²) in [6, 6.07) is 8.91. The molecule has 0 saturated carbocycles. The molecule has 0 aliphatic carbocycles. The highest BCUT2D eigenvalue weighted by atomic mass is 15.3. The first-order valence-electron chi connectivity index (χ1n) is 6.62. The molecule has 3 heteroatoms. The van der Waals surface area contributed by atoms with E-state index in [0.717, 1.165) is 32.7 Å². The summed E-state index contributed by atoms with van der Waals surface area (Å²) in [6.45, 7) is 9.49. The monoisotopic (exact) mass is 243 g/mol. The van der Waals surface area contributed by atoms with Crippen LogP contribution in [0.3, 0.4) is 0 Å². The molecule has 0 radical (unpaired) electrons. The van der Waals surface area contributed by atoms with Gasteiger partial charge in [0.05, 0.1) is 6.07 Å². The Morgan fingerprint density at radius 2 is 1.83 bits per heavy atom. The van der Waals surface area contributed by atoms with Crippen molar-refractivity contribution in [3.05, 3.63) is 29.3 Å². The molecule has 1 aliphatic heterocycles. The van der Waals surface area contributed by atoms with Crippen LogP contribution in [-0.4, -0.2) is 37.6 Å². The number of piperazine rings is 1. The van der Waals surface area contributed by atoms with E-state index in [1.54, 1.807) is 0 Å². The van der Waals surface area contributed by atoms with Gasteiger partial charge in [-0.1, -0.05) is 6.07 Å². The van der Waals surface area contributed by atoms with E-state index in [9.17, 15) is 0 Å². The lowest BCUT2D eigenvalue weighted by molar-refractivity contribution is 0.263. The molecular formula is C15H21N3. The van der Waals surface area contributed by atoms with Gasteiger partial charge < -0.3 is 4.90 Å². The second-order valence-corrected chi connectivity index (χ2v) is 5.01. The molecule has 2 rings (SSSR count).